The summed E-state index contributed by atoms with van der Waals surface area (Å²) >= 11 is 0. The minimum Gasteiger partial charge on any atom is -0.364 e. The van der Waals surface area contributed by atoms with Crippen LogP contribution >= 0.6 is 0 Å². The second-order valence-corrected chi connectivity index (χ2v) is 4.88. The molecule has 17 heavy (non-hydrogen) atoms. The number of hydrogen-bond donors (Lipinski definition) is 1. The van der Waals surface area contributed by atoms with E-state index in [2.05, 4.69) is 4.98 Å². The van der Waals surface area contributed by atoms with Crippen molar-refractivity contribution in [2.24, 2.45) is 5.92 Å². The topological polar surface area (TPSA) is 53.2 Å². The molecule has 0 saturated heterocycles. The predicted molar refractivity (Wildman–Crippen MR) is 66.1 cm³/mol. The molecule has 0 aromatic carbocycles. The first-order valence-electron chi connectivity index (χ1n) is 6.02. The number of hydrogen-bond acceptors (Lipinski definition) is 2. The van der Waals surface area contributed by atoms with Gasteiger partial charge in [0.15, 0.2) is 5.43 Å². The molecule has 0 aliphatic heterocycles. The van der Waals surface area contributed by atoms with Gasteiger partial charge in [0.25, 0.3) is 5.91 Å². The summed E-state index contributed by atoms with van der Waals surface area (Å²) in [5.41, 5.74) is 0.803. The van der Waals surface area contributed by atoms with E-state index in [-0.39, 0.29) is 16.9 Å². The molecule has 1 aromatic heterocycles. The Kier molecular flexibility index (Phi) is 3.31. The van der Waals surface area contributed by atoms with Crippen molar-refractivity contribution >= 4 is 5.91 Å². The van der Waals surface area contributed by atoms with Crippen molar-refractivity contribution in [2.75, 3.05) is 13.6 Å². The number of nitrogens with zero attached hydrogens (tertiary/aromatic N) is 1. The molecule has 0 radical (unpaired) electrons. The van der Waals surface area contributed by atoms with Crippen LogP contribution in [0.1, 0.15) is 35.3 Å². The number of amides is 1. The van der Waals surface area contributed by atoms with Crippen molar-refractivity contribution in [2.45, 2.75) is 26.2 Å². The Morgan fingerprint density at radius 1 is 1.53 bits per heavy atom. The highest BCUT2D eigenvalue weighted by Crippen LogP contribution is 2.26. The van der Waals surface area contributed by atoms with Crippen molar-refractivity contribution < 1.29 is 4.79 Å². The highest BCUT2D eigenvalue weighted by atomic mass is 16.2. The molecule has 2 rings (SSSR count). The number of pyridine rings is 1. The Hall–Kier alpha value is -1.58. The lowest BCUT2D eigenvalue weighted by Gasteiger charge is -2.30. The molecule has 4 heteroatoms. The van der Waals surface area contributed by atoms with Crippen LogP contribution in [0.25, 0.3) is 0 Å². The van der Waals surface area contributed by atoms with Crippen LogP contribution in [-0.4, -0.2) is 29.4 Å². The van der Waals surface area contributed by atoms with Crippen LogP contribution in [0.4, 0.5) is 0 Å². The number of aryl methyl sites for hydroxylation is 1. The quantitative estimate of drug-likeness (QED) is 0.862. The van der Waals surface area contributed by atoms with E-state index in [9.17, 15) is 9.59 Å². The molecule has 1 aromatic rings. The number of aromatic amines is 1. The minimum atomic E-state index is -0.202. The Balaban J connectivity index is 2.09. The summed E-state index contributed by atoms with van der Waals surface area (Å²) in [6.07, 6.45) is 5.17. The third-order valence-corrected chi connectivity index (χ3v) is 3.39. The van der Waals surface area contributed by atoms with Crippen LogP contribution < -0.4 is 5.43 Å². The van der Waals surface area contributed by atoms with Crippen LogP contribution in [0.5, 0.6) is 0 Å². The molecule has 1 saturated carbocycles. The standard InChI is InChI=1S/C13H18N2O2/c1-9-6-12(16)11(7-14-9)13(17)15(2)8-10-4-3-5-10/h6-7,10H,3-5,8H2,1-2H3,(H,14,16). The monoisotopic (exact) mass is 234 g/mol. The van der Waals surface area contributed by atoms with E-state index in [4.69, 9.17) is 0 Å². The summed E-state index contributed by atoms with van der Waals surface area (Å²) in [4.78, 5) is 28.3. The fourth-order valence-electron chi connectivity index (χ4n) is 2.09. The van der Waals surface area contributed by atoms with E-state index in [0.717, 1.165) is 12.2 Å². The lowest BCUT2D eigenvalue weighted by Crippen LogP contribution is -2.36. The Morgan fingerprint density at radius 2 is 2.24 bits per heavy atom. The molecule has 4 nitrogen and oxygen atoms in total. The van der Waals surface area contributed by atoms with E-state index in [1.54, 1.807) is 18.9 Å². The molecular weight excluding hydrogens is 216 g/mol. The lowest BCUT2D eigenvalue weighted by molar-refractivity contribution is 0.0743. The first kappa shape index (κ1) is 11.9. The SMILES string of the molecule is Cc1cc(=O)c(C(=O)N(C)CC2CCC2)c[nH]1. The fourth-order valence-corrected chi connectivity index (χ4v) is 2.09. The molecule has 1 amide bonds. The van der Waals surface area contributed by atoms with Gasteiger partial charge in [-0.1, -0.05) is 6.42 Å². The van der Waals surface area contributed by atoms with Crippen molar-refractivity contribution in [3.63, 3.8) is 0 Å². The molecule has 1 aliphatic carbocycles. The maximum atomic E-state index is 12.1. The van der Waals surface area contributed by atoms with Crippen LogP contribution in [-0.2, 0) is 0 Å². The number of aromatic nitrogens is 1. The molecule has 0 unspecified atom stereocenters. The first-order valence-corrected chi connectivity index (χ1v) is 6.02. The zero-order valence-corrected chi connectivity index (χ0v) is 10.3. The zero-order valence-electron chi connectivity index (χ0n) is 10.3. The van der Waals surface area contributed by atoms with Gasteiger partial charge >= 0.3 is 0 Å². The van der Waals surface area contributed by atoms with Crippen molar-refractivity contribution in [3.8, 4) is 0 Å². The molecule has 0 spiro atoms. The van der Waals surface area contributed by atoms with E-state index in [1.807, 2.05) is 0 Å². The number of rotatable bonds is 3. The molecule has 1 N–H and O–H groups in total. The molecule has 1 heterocycles. The number of carbonyl (C=O) groups is 1. The van der Waals surface area contributed by atoms with Gasteiger partial charge in [-0.3, -0.25) is 9.59 Å². The molecule has 0 atom stereocenters. The highest BCUT2D eigenvalue weighted by molar-refractivity contribution is 5.93. The Morgan fingerprint density at radius 3 is 2.76 bits per heavy atom. The number of nitrogens with one attached hydrogen (secondary N) is 1. The summed E-state index contributed by atoms with van der Waals surface area (Å²) in [6.45, 7) is 2.56. The van der Waals surface area contributed by atoms with E-state index < -0.39 is 0 Å². The van der Waals surface area contributed by atoms with Gasteiger partial charge < -0.3 is 9.88 Å². The fraction of sp³-hybridized carbons (Fsp3) is 0.538. The first-order chi connectivity index (χ1) is 8.08. The molecule has 1 aliphatic rings. The van der Waals surface area contributed by atoms with Gasteiger partial charge in [0.2, 0.25) is 0 Å². The van der Waals surface area contributed by atoms with E-state index in [0.29, 0.717) is 5.92 Å². The van der Waals surface area contributed by atoms with Gasteiger partial charge in [0.1, 0.15) is 5.56 Å². The van der Waals surface area contributed by atoms with Crippen molar-refractivity contribution in [1.82, 2.24) is 9.88 Å². The Bertz CT molecular complexity index is 475. The smallest absolute Gasteiger partial charge is 0.259 e. The average Bonchev–Trinajstić information content (AvgIpc) is 2.22. The summed E-state index contributed by atoms with van der Waals surface area (Å²) in [5, 5.41) is 0. The second-order valence-electron chi connectivity index (χ2n) is 4.88. The summed E-state index contributed by atoms with van der Waals surface area (Å²) < 4.78 is 0. The average molecular weight is 234 g/mol. The molecule has 1 fully saturated rings. The third-order valence-electron chi connectivity index (χ3n) is 3.39. The number of carbonyl (C=O) groups excluding carboxylic acids is 1. The zero-order chi connectivity index (χ0) is 12.4. The van der Waals surface area contributed by atoms with Gasteiger partial charge in [-0.15, -0.1) is 0 Å². The third kappa shape index (κ3) is 2.57. The number of H-pyrrole nitrogens is 1. The van der Waals surface area contributed by atoms with Gasteiger partial charge in [0.05, 0.1) is 0 Å². The Labute approximate surface area is 101 Å². The highest BCUT2D eigenvalue weighted by Gasteiger charge is 2.23. The van der Waals surface area contributed by atoms with Crippen molar-refractivity contribution in [1.29, 1.82) is 0 Å². The van der Waals surface area contributed by atoms with Crippen LogP contribution in [0.15, 0.2) is 17.1 Å². The molecule has 92 valence electrons. The summed E-state index contributed by atoms with van der Waals surface area (Å²) in [5.74, 6) is 0.437. The van der Waals surface area contributed by atoms with Gasteiger partial charge in [-0.25, -0.2) is 0 Å². The second kappa shape index (κ2) is 4.73. The van der Waals surface area contributed by atoms with Gasteiger partial charge in [0, 0.05) is 31.5 Å². The maximum Gasteiger partial charge on any atom is 0.259 e. The molecular formula is C13H18N2O2. The molecule has 0 bridgehead atoms. The van der Waals surface area contributed by atoms with Crippen LogP contribution in [0, 0.1) is 12.8 Å². The van der Waals surface area contributed by atoms with E-state index in [1.165, 1.54) is 31.5 Å². The van der Waals surface area contributed by atoms with E-state index >= 15 is 0 Å². The lowest BCUT2D eigenvalue weighted by atomic mass is 9.85. The van der Waals surface area contributed by atoms with Crippen LogP contribution in [0.3, 0.4) is 0 Å². The summed E-state index contributed by atoms with van der Waals surface area (Å²) in [6, 6.07) is 1.46. The largest absolute Gasteiger partial charge is 0.364 e. The van der Waals surface area contributed by atoms with Gasteiger partial charge in [-0.05, 0) is 25.7 Å². The predicted octanol–water partition coefficient (Wildman–Crippen LogP) is 1.56. The minimum absolute atomic E-state index is 0.182. The maximum absolute atomic E-state index is 12.1. The van der Waals surface area contributed by atoms with Gasteiger partial charge in [-0.2, -0.15) is 0 Å². The normalized spacial score (nSPS) is 15.4. The summed E-state index contributed by atoms with van der Waals surface area (Å²) in [7, 11) is 1.76. The van der Waals surface area contributed by atoms with Crippen LogP contribution in [0.2, 0.25) is 0 Å². The van der Waals surface area contributed by atoms with Crippen molar-refractivity contribution in [3.05, 3.63) is 33.7 Å².